The molecule has 0 N–H and O–H groups in total. The summed E-state index contributed by atoms with van der Waals surface area (Å²) in [5, 5.41) is 0. The number of methoxy groups -OCH3 is 1. The zero-order chi connectivity index (χ0) is 34.0. The second-order valence-electron chi connectivity index (χ2n) is 9.90. The molecule has 2 aliphatic rings. The SMILES string of the molecule is CO[C@@H]1O[C@H](COC(C)=O)[C@@H](OC(C)=O)[C@H](OC(C)=O)[C@H]1O[C@@H]1O[C@@H](COC(C)=O)[C@@H](OC(C)=O)[C@H](OC(C)=O)[C@H]1OC(C)=O. The number of esters is 7. The van der Waals surface area contributed by atoms with Gasteiger partial charge in [-0.05, 0) is 0 Å². The molecule has 0 aromatic heterocycles. The molecule has 2 rings (SSSR count). The van der Waals surface area contributed by atoms with Gasteiger partial charge < -0.3 is 52.1 Å². The van der Waals surface area contributed by atoms with Gasteiger partial charge in [0.05, 0.1) is 0 Å². The fraction of sp³-hybridized carbons (Fsp3) is 0.741. The Labute approximate surface area is 258 Å². The molecule has 0 aromatic rings. The number of hydrogen-bond acceptors (Lipinski definition) is 18. The molecule has 45 heavy (non-hydrogen) atoms. The Hall–Kier alpha value is -3.87. The van der Waals surface area contributed by atoms with Crippen molar-refractivity contribution in [2.75, 3.05) is 20.3 Å². The highest BCUT2D eigenvalue weighted by atomic mass is 16.8. The van der Waals surface area contributed by atoms with Crippen LogP contribution in [0.25, 0.3) is 0 Å². The summed E-state index contributed by atoms with van der Waals surface area (Å²) in [6, 6.07) is 0. The first-order valence-corrected chi connectivity index (χ1v) is 13.7. The standard InChI is InChI=1S/C27H38O18/c1-11(28)36-9-18-20(38-13(3)30)22(40-15(5)32)24(26(35-8)43-18)45-27-25(42-17(7)34)23(41-16(6)33)21(39-14(4)31)19(44-27)10-37-12(2)29/h18-27H,9-10H2,1-8H3/t18-,19+,20-,21-,22+,23+,24-,25-,26-,27+/m1/s1. The summed E-state index contributed by atoms with van der Waals surface area (Å²) in [4.78, 5) is 83.8. The first-order chi connectivity index (χ1) is 21.0. The summed E-state index contributed by atoms with van der Waals surface area (Å²) in [6.07, 6.45) is -14.9. The van der Waals surface area contributed by atoms with Crippen molar-refractivity contribution in [3.05, 3.63) is 0 Å². The van der Waals surface area contributed by atoms with E-state index in [-0.39, 0.29) is 0 Å². The minimum Gasteiger partial charge on any atom is -0.463 e. The molecule has 0 radical (unpaired) electrons. The maximum Gasteiger partial charge on any atom is 0.303 e. The predicted octanol–water partition coefficient (Wildman–Crippen LogP) is -0.747. The Morgan fingerprint density at radius 1 is 0.444 bits per heavy atom. The van der Waals surface area contributed by atoms with Crippen LogP contribution in [0.15, 0.2) is 0 Å². The number of carbonyl (C=O) groups is 7. The molecule has 0 bridgehead atoms. The third-order valence-corrected chi connectivity index (χ3v) is 6.12. The van der Waals surface area contributed by atoms with Crippen LogP contribution in [-0.2, 0) is 85.7 Å². The van der Waals surface area contributed by atoms with E-state index < -0.39 is 116 Å². The number of rotatable bonds is 12. The number of hydrogen-bond donors (Lipinski definition) is 0. The first-order valence-electron chi connectivity index (χ1n) is 13.7. The van der Waals surface area contributed by atoms with Gasteiger partial charge in [0, 0.05) is 55.6 Å². The van der Waals surface area contributed by atoms with Gasteiger partial charge in [-0.1, -0.05) is 0 Å². The molecule has 0 aliphatic carbocycles. The normalized spacial score (nSPS) is 31.0. The fourth-order valence-electron chi connectivity index (χ4n) is 4.66. The van der Waals surface area contributed by atoms with E-state index in [1.807, 2.05) is 0 Å². The summed E-state index contributed by atoms with van der Waals surface area (Å²) in [5.74, 6) is -5.71. The molecule has 18 heteroatoms. The van der Waals surface area contributed by atoms with Crippen molar-refractivity contribution in [1.29, 1.82) is 0 Å². The third kappa shape index (κ3) is 11.2. The van der Waals surface area contributed by atoms with Crippen LogP contribution in [0.4, 0.5) is 0 Å². The average molecular weight is 651 g/mol. The molecule has 2 aliphatic heterocycles. The monoisotopic (exact) mass is 650 g/mol. The average Bonchev–Trinajstić information content (AvgIpc) is 2.90. The summed E-state index contributed by atoms with van der Waals surface area (Å²) >= 11 is 0. The highest BCUT2D eigenvalue weighted by Gasteiger charge is 2.57. The minimum atomic E-state index is -1.74. The van der Waals surface area contributed by atoms with Crippen LogP contribution in [0.5, 0.6) is 0 Å². The highest BCUT2D eigenvalue weighted by Crippen LogP contribution is 2.35. The summed E-state index contributed by atoms with van der Waals surface area (Å²) in [5.41, 5.74) is 0. The minimum absolute atomic E-state index is 0.448. The number of ether oxygens (including phenoxy) is 11. The molecule has 0 aromatic carbocycles. The summed E-state index contributed by atoms with van der Waals surface area (Å²) in [6.45, 7) is 6.53. The molecule has 0 saturated carbocycles. The van der Waals surface area contributed by atoms with Crippen LogP contribution in [0.1, 0.15) is 48.5 Å². The van der Waals surface area contributed by atoms with E-state index in [2.05, 4.69) is 0 Å². The highest BCUT2D eigenvalue weighted by molar-refractivity contribution is 5.69. The maximum atomic E-state index is 12.2. The molecule has 254 valence electrons. The molecular formula is C27H38O18. The van der Waals surface area contributed by atoms with Crippen molar-refractivity contribution in [3.63, 3.8) is 0 Å². The zero-order valence-corrected chi connectivity index (χ0v) is 26.0. The maximum absolute atomic E-state index is 12.2. The Balaban J connectivity index is 2.64. The predicted molar refractivity (Wildman–Crippen MR) is 140 cm³/mol. The van der Waals surface area contributed by atoms with Gasteiger partial charge in [0.15, 0.2) is 49.2 Å². The molecule has 0 unspecified atom stereocenters. The molecule has 2 saturated heterocycles. The Kier molecular flexibility index (Phi) is 14.1. The van der Waals surface area contributed by atoms with Gasteiger partial charge in [0.2, 0.25) is 0 Å². The van der Waals surface area contributed by atoms with Crippen molar-refractivity contribution in [2.24, 2.45) is 0 Å². The van der Waals surface area contributed by atoms with Gasteiger partial charge in [-0.2, -0.15) is 0 Å². The molecule has 0 spiro atoms. The lowest BCUT2D eigenvalue weighted by atomic mass is 9.96. The van der Waals surface area contributed by atoms with E-state index in [9.17, 15) is 33.6 Å². The molecule has 0 amide bonds. The van der Waals surface area contributed by atoms with Crippen LogP contribution in [-0.4, -0.2) is 124 Å². The van der Waals surface area contributed by atoms with E-state index in [1.54, 1.807) is 0 Å². The van der Waals surface area contributed by atoms with Gasteiger partial charge in [0.25, 0.3) is 0 Å². The third-order valence-electron chi connectivity index (χ3n) is 6.12. The molecule has 10 atom stereocenters. The van der Waals surface area contributed by atoms with E-state index in [4.69, 9.17) is 52.1 Å². The van der Waals surface area contributed by atoms with E-state index in [1.165, 1.54) is 7.11 Å². The van der Waals surface area contributed by atoms with Crippen molar-refractivity contribution in [1.82, 2.24) is 0 Å². The lowest BCUT2D eigenvalue weighted by molar-refractivity contribution is -0.366. The molecule has 2 heterocycles. The number of carbonyl (C=O) groups excluding carboxylic acids is 7. The van der Waals surface area contributed by atoms with E-state index in [0.717, 1.165) is 48.5 Å². The Morgan fingerprint density at radius 2 is 0.778 bits per heavy atom. The Morgan fingerprint density at radius 3 is 1.13 bits per heavy atom. The molecule has 2 fully saturated rings. The topological polar surface area (TPSA) is 221 Å². The van der Waals surface area contributed by atoms with Crippen LogP contribution in [0.3, 0.4) is 0 Å². The van der Waals surface area contributed by atoms with Gasteiger partial charge in [-0.3, -0.25) is 33.6 Å². The van der Waals surface area contributed by atoms with Crippen LogP contribution in [0, 0.1) is 0 Å². The largest absolute Gasteiger partial charge is 0.463 e. The van der Waals surface area contributed by atoms with Gasteiger partial charge >= 0.3 is 41.8 Å². The zero-order valence-electron chi connectivity index (χ0n) is 26.0. The summed E-state index contributed by atoms with van der Waals surface area (Å²) in [7, 11) is 1.20. The van der Waals surface area contributed by atoms with Crippen molar-refractivity contribution in [3.8, 4) is 0 Å². The second kappa shape index (κ2) is 17.0. The van der Waals surface area contributed by atoms with Crippen LogP contribution < -0.4 is 0 Å². The van der Waals surface area contributed by atoms with Gasteiger partial charge in [-0.25, -0.2) is 0 Å². The quantitative estimate of drug-likeness (QED) is 0.187. The first kappa shape index (κ1) is 37.3. The van der Waals surface area contributed by atoms with E-state index >= 15 is 0 Å². The smallest absolute Gasteiger partial charge is 0.303 e. The van der Waals surface area contributed by atoms with Gasteiger partial charge in [-0.15, -0.1) is 0 Å². The lowest BCUT2D eigenvalue weighted by Gasteiger charge is -2.48. The Bertz CT molecular complexity index is 1110. The summed E-state index contributed by atoms with van der Waals surface area (Å²) < 4.78 is 60.6. The van der Waals surface area contributed by atoms with Crippen LogP contribution >= 0.6 is 0 Å². The fourth-order valence-corrected chi connectivity index (χ4v) is 4.66. The van der Waals surface area contributed by atoms with Gasteiger partial charge in [0.1, 0.15) is 25.4 Å². The lowest BCUT2D eigenvalue weighted by Crippen LogP contribution is -2.67. The molecular weight excluding hydrogens is 612 g/mol. The van der Waals surface area contributed by atoms with Crippen LogP contribution in [0.2, 0.25) is 0 Å². The van der Waals surface area contributed by atoms with Crippen molar-refractivity contribution in [2.45, 2.75) is 110 Å². The second-order valence-corrected chi connectivity index (χ2v) is 9.90. The van der Waals surface area contributed by atoms with Crippen molar-refractivity contribution >= 4 is 41.8 Å². The van der Waals surface area contributed by atoms with E-state index in [0.29, 0.717) is 0 Å². The van der Waals surface area contributed by atoms with Crippen molar-refractivity contribution < 1.29 is 85.7 Å². The molecule has 18 nitrogen and oxygen atoms in total.